The van der Waals surface area contributed by atoms with Crippen molar-refractivity contribution >= 4 is 33.6 Å². The van der Waals surface area contributed by atoms with Crippen molar-refractivity contribution in [3.8, 4) is 5.75 Å². The van der Waals surface area contributed by atoms with Crippen molar-refractivity contribution in [1.29, 1.82) is 0 Å². The molecule has 0 aliphatic rings. The number of phenols is 1. The first kappa shape index (κ1) is 10.6. The molecule has 0 radical (unpaired) electrons. The molecule has 0 saturated heterocycles. The Morgan fingerprint density at radius 1 is 1.46 bits per heavy atom. The summed E-state index contributed by atoms with van der Waals surface area (Å²) in [6.45, 7) is 0. The monoisotopic (exact) mass is 260 g/mol. The van der Waals surface area contributed by atoms with Gasteiger partial charge in [-0.3, -0.25) is 0 Å². The highest BCUT2D eigenvalue weighted by molar-refractivity contribution is 9.09. The van der Waals surface area contributed by atoms with Gasteiger partial charge >= 0.3 is 0 Å². The Bertz CT molecular complexity index is 310. The minimum Gasteiger partial charge on any atom is -0.508 e. The lowest BCUT2D eigenvalue weighted by Crippen LogP contribution is -1.75. The molecule has 1 rings (SSSR count). The maximum Gasteiger partial charge on any atom is 0.116 e. The molecule has 1 N–H and O–H groups in total. The Hall–Kier alpha value is -0.470. The van der Waals surface area contributed by atoms with E-state index < -0.39 is 0 Å². The van der Waals surface area contributed by atoms with Crippen LogP contribution in [0.4, 0.5) is 0 Å². The number of aromatic hydroxyl groups is 1. The van der Waals surface area contributed by atoms with Crippen LogP contribution in [0, 0.1) is 0 Å². The molecule has 0 aliphatic heterocycles. The molecule has 0 heterocycles. The van der Waals surface area contributed by atoms with E-state index in [-0.39, 0.29) is 5.75 Å². The van der Waals surface area contributed by atoms with Gasteiger partial charge < -0.3 is 5.11 Å². The smallest absolute Gasteiger partial charge is 0.116 e. The van der Waals surface area contributed by atoms with Gasteiger partial charge in [-0.2, -0.15) is 0 Å². The molecule has 3 heteroatoms. The van der Waals surface area contributed by atoms with Gasteiger partial charge in [0.25, 0.3) is 0 Å². The van der Waals surface area contributed by atoms with Gasteiger partial charge in [-0.05, 0) is 30.2 Å². The molecule has 0 aromatic heterocycles. The molecule has 0 aliphatic carbocycles. The van der Waals surface area contributed by atoms with Gasteiger partial charge in [0.2, 0.25) is 0 Å². The number of phenolic OH excluding ortho intramolecular Hbond substituents is 1. The summed E-state index contributed by atoms with van der Waals surface area (Å²) in [6.07, 6.45) is 4.87. The Morgan fingerprint density at radius 2 is 2.23 bits per heavy atom. The average molecular weight is 262 g/mol. The molecule has 0 saturated carbocycles. The standard InChI is InChI=1S/C10H10BrClO/c11-6-2-1-3-8-7-9(13)4-5-10(8)12/h1,3-5,7,13H,2,6H2. The SMILES string of the molecule is Oc1ccc(Cl)c(C=CCCBr)c1. The third-order valence-corrected chi connectivity index (χ3v) is 2.35. The molecule has 1 nitrogen and oxygen atoms in total. The Morgan fingerprint density at radius 3 is 2.92 bits per heavy atom. The van der Waals surface area contributed by atoms with Crippen LogP contribution in [0.25, 0.3) is 6.08 Å². The summed E-state index contributed by atoms with van der Waals surface area (Å²) in [5, 5.41) is 10.8. The fourth-order valence-corrected chi connectivity index (χ4v) is 1.38. The molecule has 0 unspecified atom stereocenters. The van der Waals surface area contributed by atoms with Crippen LogP contribution in [0.1, 0.15) is 12.0 Å². The summed E-state index contributed by atoms with van der Waals surface area (Å²) in [6, 6.07) is 4.90. The molecule has 0 bridgehead atoms. The predicted octanol–water partition coefficient (Wildman–Crippen LogP) is 3.84. The summed E-state index contributed by atoms with van der Waals surface area (Å²) in [5.74, 6) is 0.239. The van der Waals surface area contributed by atoms with Gasteiger partial charge in [0.05, 0.1) is 0 Å². The molecular formula is C10H10BrClO. The largest absolute Gasteiger partial charge is 0.508 e. The van der Waals surface area contributed by atoms with E-state index >= 15 is 0 Å². The summed E-state index contributed by atoms with van der Waals surface area (Å²) in [4.78, 5) is 0. The second kappa shape index (κ2) is 5.30. The summed E-state index contributed by atoms with van der Waals surface area (Å²) in [7, 11) is 0. The number of rotatable bonds is 3. The van der Waals surface area contributed by atoms with Crippen LogP contribution in [0.3, 0.4) is 0 Å². The number of hydrogen-bond acceptors (Lipinski definition) is 1. The van der Waals surface area contributed by atoms with Crippen LogP contribution in [-0.4, -0.2) is 10.4 Å². The first-order valence-electron chi connectivity index (χ1n) is 3.95. The molecule has 0 spiro atoms. The number of benzene rings is 1. The number of allylic oxidation sites excluding steroid dienone is 1. The van der Waals surface area contributed by atoms with E-state index in [9.17, 15) is 5.11 Å². The highest BCUT2D eigenvalue weighted by Gasteiger charge is 1.96. The highest BCUT2D eigenvalue weighted by Crippen LogP contribution is 2.22. The van der Waals surface area contributed by atoms with Crippen LogP contribution in [0.5, 0.6) is 5.75 Å². The lowest BCUT2D eigenvalue weighted by atomic mass is 10.2. The van der Waals surface area contributed by atoms with Crippen LogP contribution in [0.15, 0.2) is 24.3 Å². The maximum absolute atomic E-state index is 9.19. The van der Waals surface area contributed by atoms with Gasteiger partial charge in [0.15, 0.2) is 0 Å². The Balaban J connectivity index is 2.81. The van der Waals surface area contributed by atoms with E-state index in [0.717, 1.165) is 17.3 Å². The average Bonchev–Trinajstić information content (AvgIpc) is 2.11. The molecule has 1 aromatic carbocycles. The zero-order chi connectivity index (χ0) is 9.68. The van der Waals surface area contributed by atoms with E-state index in [0.29, 0.717) is 5.02 Å². The quantitative estimate of drug-likeness (QED) is 0.820. The van der Waals surface area contributed by atoms with Crippen LogP contribution in [-0.2, 0) is 0 Å². The van der Waals surface area contributed by atoms with Gasteiger partial charge in [0, 0.05) is 10.4 Å². The van der Waals surface area contributed by atoms with Crippen LogP contribution >= 0.6 is 27.5 Å². The van der Waals surface area contributed by atoms with Crippen LogP contribution in [0.2, 0.25) is 5.02 Å². The van der Waals surface area contributed by atoms with E-state index in [4.69, 9.17) is 11.6 Å². The van der Waals surface area contributed by atoms with E-state index in [2.05, 4.69) is 15.9 Å². The van der Waals surface area contributed by atoms with Gasteiger partial charge in [-0.1, -0.05) is 39.7 Å². The Kier molecular flexibility index (Phi) is 4.33. The third kappa shape index (κ3) is 3.41. The molecule has 0 fully saturated rings. The van der Waals surface area contributed by atoms with Crippen molar-refractivity contribution in [2.45, 2.75) is 6.42 Å². The summed E-state index contributed by atoms with van der Waals surface area (Å²) in [5.41, 5.74) is 0.850. The topological polar surface area (TPSA) is 20.2 Å². The van der Waals surface area contributed by atoms with Gasteiger partial charge in [0.1, 0.15) is 5.75 Å². The van der Waals surface area contributed by atoms with Crippen molar-refractivity contribution in [3.63, 3.8) is 0 Å². The van der Waals surface area contributed by atoms with E-state index in [1.54, 1.807) is 18.2 Å². The van der Waals surface area contributed by atoms with Crippen molar-refractivity contribution in [1.82, 2.24) is 0 Å². The zero-order valence-electron chi connectivity index (χ0n) is 7.00. The van der Waals surface area contributed by atoms with Gasteiger partial charge in [-0.15, -0.1) is 0 Å². The zero-order valence-corrected chi connectivity index (χ0v) is 9.35. The number of hydrogen-bond donors (Lipinski definition) is 1. The fraction of sp³-hybridized carbons (Fsp3) is 0.200. The molecule has 0 amide bonds. The summed E-state index contributed by atoms with van der Waals surface area (Å²) >= 11 is 9.22. The van der Waals surface area contributed by atoms with Crippen molar-refractivity contribution < 1.29 is 5.11 Å². The minimum absolute atomic E-state index is 0.239. The second-order valence-electron chi connectivity index (χ2n) is 2.59. The normalized spacial score (nSPS) is 10.9. The van der Waals surface area contributed by atoms with Crippen molar-refractivity contribution in [3.05, 3.63) is 34.9 Å². The lowest BCUT2D eigenvalue weighted by Gasteiger charge is -1.98. The van der Waals surface area contributed by atoms with E-state index in [1.165, 1.54) is 0 Å². The number of alkyl halides is 1. The molecule has 70 valence electrons. The fourth-order valence-electron chi connectivity index (χ4n) is 0.932. The molecule has 13 heavy (non-hydrogen) atoms. The first-order valence-corrected chi connectivity index (χ1v) is 5.45. The summed E-state index contributed by atoms with van der Waals surface area (Å²) < 4.78 is 0. The molecule has 0 atom stereocenters. The Labute approximate surface area is 91.2 Å². The van der Waals surface area contributed by atoms with E-state index in [1.807, 2.05) is 12.2 Å². The minimum atomic E-state index is 0.239. The molecular weight excluding hydrogens is 251 g/mol. The maximum atomic E-state index is 9.19. The van der Waals surface area contributed by atoms with Crippen molar-refractivity contribution in [2.24, 2.45) is 0 Å². The highest BCUT2D eigenvalue weighted by atomic mass is 79.9. The predicted molar refractivity (Wildman–Crippen MR) is 60.6 cm³/mol. The number of halogens is 2. The first-order chi connectivity index (χ1) is 6.24. The van der Waals surface area contributed by atoms with Crippen LogP contribution < -0.4 is 0 Å². The van der Waals surface area contributed by atoms with Gasteiger partial charge in [-0.25, -0.2) is 0 Å². The second-order valence-corrected chi connectivity index (χ2v) is 3.79. The molecule has 1 aromatic rings. The lowest BCUT2D eigenvalue weighted by molar-refractivity contribution is 0.475. The third-order valence-electron chi connectivity index (χ3n) is 1.55. The van der Waals surface area contributed by atoms with Crippen molar-refractivity contribution in [2.75, 3.05) is 5.33 Å².